The summed E-state index contributed by atoms with van der Waals surface area (Å²) in [6.45, 7) is 1.59. The largest absolute Gasteiger partial charge is 0.505 e. The van der Waals surface area contributed by atoms with Crippen molar-refractivity contribution in [2.24, 2.45) is 0 Å². The number of aromatic nitrogens is 2. The minimum absolute atomic E-state index is 0.147. The van der Waals surface area contributed by atoms with Crippen LogP contribution >= 0.6 is 0 Å². The molecule has 0 fully saturated rings. The normalized spacial score (nSPS) is 11.6. The van der Waals surface area contributed by atoms with Crippen LogP contribution in [0.4, 0.5) is 0 Å². The molecule has 1 heterocycles. The number of carbonyl (C=O) groups is 2. The van der Waals surface area contributed by atoms with Crippen LogP contribution in [-0.4, -0.2) is 45.0 Å². The summed E-state index contributed by atoms with van der Waals surface area (Å²) in [6, 6.07) is 6.19. The molecule has 9 nitrogen and oxygen atoms in total. The number of nitrogens with one attached hydrogen (secondary N) is 1. The van der Waals surface area contributed by atoms with E-state index in [1.165, 1.54) is 7.11 Å². The van der Waals surface area contributed by atoms with Gasteiger partial charge in [-0.05, 0) is 18.6 Å². The lowest BCUT2D eigenvalue weighted by atomic mass is 10.2. The number of hydrogen-bond donors (Lipinski definition) is 3. The maximum absolute atomic E-state index is 12.2. The van der Waals surface area contributed by atoms with Crippen LogP contribution in [0.3, 0.4) is 0 Å². The lowest BCUT2D eigenvalue weighted by Gasteiger charge is -2.14. The second kappa shape index (κ2) is 7.47. The summed E-state index contributed by atoms with van der Waals surface area (Å²) in [5, 5.41) is 25.0. The van der Waals surface area contributed by atoms with Gasteiger partial charge in [0.2, 0.25) is 0 Å². The van der Waals surface area contributed by atoms with Crippen molar-refractivity contribution in [2.45, 2.75) is 19.4 Å². The molecule has 0 bridgehead atoms. The number of ether oxygens (including phenoxy) is 1. The molecule has 0 aliphatic heterocycles. The summed E-state index contributed by atoms with van der Waals surface area (Å²) in [6.07, 6.45) is 0.147. The molecule has 0 aliphatic carbocycles. The van der Waals surface area contributed by atoms with E-state index in [-0.39, 0.29) is 12.1 Å². The zero-order valence-corrected chi connectivity index (χ0v) is 13.6. The molecule has 3 N–H and O–H groups in total. The Morgan fingerprint density at radius 2 is 2.04 bits per heavy atom. The summed E-state index contributed by atoms with van der Waals surface area (Å²) in [4.78, 5) is 35.4. The van der Waals surface area contributed by atoms with Gasteiger partial charge >= 0.3 is 5.97 Å². The second-order valence-electron chi connectivity index (χ2n) is 5.07. The van der Waals surface area contributed by atoms with E-state index in [0.29, 0.717) is 5.75 Å². The van der Waals surface area contributed by atoms with Crippen LogP contribution in [-0.2, 0) is 4.79 Å². The Labute approximate surface area is 142 Å². The van der Waals surface area contributed by atoms with Gasteiger partial charge in [0.05, 0.1) is 7.11 Å². The van der Waals surface area contributed by atoms with Gasteiger partial charge in [-0.15, -0.1) is 0 Å². The molecular formula is C16H17N3O6. The van der Waals surface area contributed by atoms with Crippen molar-refractivity contribution < 1.29 is 24.5 Å². The van der Waals surface area contributed by atoms with Crippen LogP contribution in [0.5, 0.6) is 11.5 Å². The van der Waals surface area contributed by atoms with E-state index in [1.807, 2.05) is 0 Å². The molecule has 132 valence electrons. The molecule has 1 aromatic carbocycles. The molecule has 9 heteroatoms. The average Bonchev–Trinajstić information content (AvgIpc) is 2.59. The van der Waals surface area contributed by atoms with Crippen LogP contribution in [0.1, 0.15) is 23.8 Å². The number of nitrogens with zero attached hydrogens (tertiary/aromatic N) is 2. The Morgan fingerprint density at radius 1 is 1.36 bits per heavy atom. The van der Waals surface area contributed by atoms with E-state index in [4.69, 9.17) is 9.84 Å². The maximum atomic E-state index is 12.2. The van der Waals surface area contributed by atoms with Crippen molar-refractivity contribution in [3.05, 3.63) is 46.4 Å². The van der Waals surface area contributed by atoms with Gasteiger partial charge in [0.25, 0.3) is 11.5 Å². The lowest BCUT2D eigenvalue weighted by Crippen LogP contribution is -2.41. The van der Waals surface area contributed by atoms with E-state index in [2.05, 4.69) is 10.4 Å². The molecule has 0 spiro atoms. The van der Waals surface area contributed by atoms with Crippen molar-refractivity contribution in [3.8, 4) is 17.2 Å². The summed E-state index contributed by atoms with van der Waals surface area (Å²) in [5.74, 6) is -2.43. The molecule has 1 atom stereocenters. The van der Waals surface area contributed by atoms with Crippen LogP contribution in [0.2, 0.25) is 0 Å². The van der Waals surface area contributed by atoms with Gasteiger partial charge in [-0.1, -0.05) is 19.1 Å². The number of para-hydroxylation sites is 2. The van der Waals surface area contributed by atoms with Gasteiger partial charge in [0.1, 0.15) is 17.5 Å². The molecule has 0 saturated heterocycles. The number of amides is 1. The van der Waals surface area contributed by atoms with Crippen molar-refractivity contribution in [1.82, 2.24) is 15.1 Å². The van der Waals surface area contributed by atoms with Gasteiger partial charge in [-0.25, -0.2) is 4.79 Å². The lowest BCUT2D eigenvalue weighted by molar-refractivity contribution is -0.139. The summed E-state index contributed by atoms with van der Waals surface area (Å²) in [5.41, 5.74) is -0.872. The summed E-state index contributed by atoms with van der Waals surface area (Å²) in [7, 11) is 1.41. The molecule has 0 radical (unpaired) electrons. The predicted molar refractivity (Wildman–Crippen MR) is 87.2 cm³/mol. The van der Waals surface area contributed by atoms with E-state index < -0.39 is 34.9 Å². The Balaban J connectivity index is 2.49. The Morgan fingerprint density at radius 3 is 2.64 bits per heavy atom. The molecule has 0 aliphatic rings. The fourth-order valence-electron chi connectivity index (χ4n) is 2.15. The molecule has 2 rings (SSSR count). The minimum atomic E-state index is -1.21. The third-order valence-electron chi connectivity index (χ3n) is 3.45. The number of rotatable bonds is 6. The minimum Gasteiger partial charge on any atom is -0.505 e. The van der Waals surface area contributed by atoms with Gasteiger partial charge in [0.15, 0.2) is 11.4 Å². The van der Waals surface area contributed by atoms with Crippen LogP contribution in [0.15, 0.2) is 35.1 Å². The number of carbonyl (C=O) groups excluding carboxylic acids is 1. The number of hydrogen-bond acceptors (Lipinski definition) is 6. The highest BCUT2D eigenvalue weighted by Crippen LogP contribution is 2.21. The zero-order valence-electron chi connectivity index (χ0n) is 13.6. The first-order valence-electron chi connectivity index (χ1n) is 7.39. The van der Waals surface area contributed by atoms with Gasteiger partial charge in [-0.3, -0.25) is 9.59 Å². The molecule has 1 aromatic heterocycles. The smallest absolute Gasteiger partial charge is 0.326 e. The number of carboxylic acid groups (broad SMARTS) is 1. The zero-order chi connectivity index (χ0) is 18.6. The summed E-state index contributed by atoms with van der Waals surface area (Å²) < 4.78 is 6.06. The van der Waals surface area contributed by atoms with Crippen molar-refractivity contribution in [3.63, 3.8) is 0 Å². The Hall–Kier alpha value is -3.36. The topological polar surface area (TPSA) is 131 Å². The van der Waals surface area contributed by atoms with Gasteiger partial charge in [-0.2, -0.15) is 9.78 Å². The molecule has 25 heavy (non-hydrogen) atoms. The third-order valence-corrected chi connectivity index (χ3v) is 3.45. The molecule has 1 unspecified atom stereocenters. The number of aromatic hydroxyl groups is 1. The Bertz CT molecular complexity index is 861. The molecule has 1 amide bonds. The van der Waals surface area contributed by atoms with Gasteiger partial charge in [0, 0.05) is 6.07 Å². The first kappa shape index (κ1) is 18.0. The maximum Gasteiger partial charge on any atom is 0.326 e. The highest BCUT2D eigenvalue weighted by atomic mass is 16.5. The fourth-order valence-corrected chi connectivity index (χ4v) is 2.15. The van der Waals surface area contributed by atoms with Crippen molar-refractivity contribution in [2.75, 3.05) is 7.11 Å². The first-order valence-corrected chi connectivity index (χ1v) is 7.39. The molecule has 2 aromatic rings. The Kier molecular flexibility index (Phi) is 5.38. The first-order chi connectivity index (χ1) is 11.9. The van der Waals surface area contributed by atoms with E-state index >= 15 is 0 Å². The number of methoxy groups -OCH3 is 1. The van der Waals surface area contributed by atoms with Crippen LogP contribution in [0.25, 0.3) is 5.69 Å². The number of carboxylic acids is 1. The van der Waals surface area contributed by atoms with Crippen molar-refractivity contribution in [1.29, 1.82) is 0 Å². The van der Waals surface area contributed by atoms with Crippen LogP contribution < -0.4 is 15.6 Å². The summed E-state index contributed by atoms with van der Waals surface area (Å²) >= 11 is 0. The van der Waals surface area contributed by atoms with Crippen LogP contribution in [0, 0.1) is 0 Å². The second-order valence-corrected chi connectivity index (χ2v) is 5.07. The SMILES string of the molecule is CCC(NC(=O)c1nn(-c2ccccc2OC)c(=O)cc1O)C(=O)O. The standard InChI is InChI=1S/C16H17N3O6/c1-3-9(16(23)24)17-15(22)14-11(20)8-13(21)19(18-14)10-6-4-5-7-12(10)25-2/h4-9,20H,3H2,1-2H3,(H,17,22)(H,23,24). The highest BCUT2D eigenvalue weighted by molar-refractivity contribution is 5.96. The van der Waals surface area contributed by atoms with E-state index in [1.54, 1.807) is 31.2 Å². The highest BCUT2D eigenvalue weighted by Gasteiger charge is 2.23. The monoisotopic (exact) mass is 347 g/mol. The predicted octanol–water partition coefficient (Wildman–Crippen LogP) is 0.540. The van der Waals surface area contributed by atoms with Gasteiger partial charge < -0.3 is 20.3 Å². The van der Waals surface area contributed by atoms with E-state index in [9.17, 15) is 19.5 Å². The van der Waals surface area contributed by atoms with E-state index in [0.717, 1.165) is 10.7 Å². The number of aliphatic carboxylic acids is 1. The molecular weight excluding hydrogens is 330 g/mol. The number of benzene rings is 1. The van der Waals surface area contributed by atoms with Crippen molar-refractivity contribution >= 4 is 11.9 Å². The average molecular weight is 347 g/mol. The third kappa shape index (κ3) is 3.77. The fraction of sp³-hybridized carbons (Fsp3) is 0.250. The quantitative estimate of drug-likeness (QED) is 0.695. The molecule has 0 saturated carbocycles.